The summed E-state index contributed by atoms with van der Waals surface area (Å²) >= 11 is 0. The first-order valence-corrected chi connectivity index (χ1v) is 7.68. The fourth-order valence-electron chi connectivity index (χ4n) is 2.18. The second kappa shape index (κ2) is 8.70. The number of aliphatic hydroxyl groups is 1. The minimum absolute atomic E-state index is 0.0793. The van der Waals surface area contributed by atoms with Crippen LogP contribution in [0.3, 0.4) is 0 Å². The van der Waals surface area contributed by atoms with Crippen LogP contribution in [0.5, 0.6) is 0 Å². The van der Waals surface area contributed by atoms with Gasteiger partial charge < -0.3 is 16.2 Å². The van der Waals surface area contributed by atoms with Gasteiger partial charge in [-0.15, -0.1) is 0 Å². The van der Waals surface area contributed by atoms with Gasteiger partial charge in [0.25, 0.3) is 0 Å². The van der Waals surface area contributed by atoms with E-state index in [4.69, 9.17) is 16.2 Å². The summed E-state index contributed by atoms with van der Waals surface area (Å²) < 4.78 is 13.2. The summed E-state index contributed by atoms with van der Waals surface area (Å²) in [6, 6.07) is 9.38. The van der Waals surface area contributed by atoms with Crippen LogP contribution in [0.2, 0.25) is 0 Å². The molecule has 1 aliphatic carbocycles. The number of benzene rings is 1. The van der Waals surface area contributed by atoms with E-state index in [1.165, 1.54) is 6.08 Å². The van der Waals surface area contributed by atoms with Crippen LogP contribution in [-0.2, 0) is 0 Å². The summed E-state index contributed by atoms with van der Waals surface area (Å²) in [4.78, 5) is 0. The average molecular weight is 325 g/mol. The van der Waals surface area contributed by atoms with E-state index >= 15 is 0 Å². The maximum atomic E-state index is 13.2. The quantitative estimate of drug-likeness (QED) is 0.495. The first-order chi connectivity index (χ1) is 11.6. The molecule has 0 saturated heterocycles. The first kappa shape index (κ1) is 17.5. The van der Waals surface area contributed by atoms with E-state index in [1.807, 2.05) is 30.3 Å². The Bertz CT molecular complexity index is 752. The van der Waals surface area contributed by atoms with Crippen molar-refractivity contribution in [1.29, 1.82) is 5.41 Å². The predicted molar refractivity (Wildman–Crippen MR) is 93.9 cm³/mol. The highest BCUT2D eigenvalue weighted by atomic mass is 19.1. The molecule has 0 atom stereocenters. The third-order valence-corrected chi connectivity index (χ3v) is 3.47. The van der Waals surface area contributed by atoms with Crippen LogP contribution in [-0.4, -0.2) is 24.0 Å². The topological polar surface area (TPSA) is 82.1 Å². The molecule has 124 valence electrons. The summed E-state index contributed by atoms with van der Waals surface area (Å²) in [6.45, 7) is 0.188. The van der Waals surface area contributed by atoms with Gasteiger partial charge in [0.2, 0.25) is 0 Å². The smallest absolute Gasteiger partial charge is 0.114 e. The SMILES string of the molecule is N=C(C1=CC=C(F)CC1)/C(C#Cc1ccccc1)=C(/N)NCCO. The Morgan fingerprint density at radius 3 is 2.62 bits per heavy atom. The van der Waals surface area contributed by atoms with Crippen molar-refractivity contribution in [1.82, 2.24) is 5.32 Å². The fraction of sp³-hybridized carbons (Fsp3) is 0.211. The lowest BCUT2D eigenvalue weighted by Gasteiger charge is -2.14. The zero-order valence-corrected chi connectivity index (χ0v) is 13.3. The van der Waals surface area contributed by atoms with E-state index in [9.17, 15) is 4.39 Å². The fourth-order valence-corrected chi connectivity index (χ4v) is 2.18. The normalized spacial score (nSPS) is 14.6. The second-order valence-corrected chi connectivity index (χ2v) is 5.24. The molecule has 0 amide bonds. The standard InChI is InChI=1S/C19H20FN3O/c20-16-9-7-15(8-10-16)18(21)17(19(22)23-12-13-24)11-6-14-4-2-1-3-5-14/h1-5,7,9,21,23-24H,8,10,12-13,22H2/b19-17-,21-18?. The molecule has 5 heteroatoms. The molecule has 24 heavy (non-hydrogen) atoms. The molecule has 1 aliphatic rings. The predicted octanol–water partition coefficient (Wildman–Crippen LogP) is 2.38. The molecule has 0 spiro atoms. The zero-order chi connectivity index (χ0) is 17.4. The number of nitrogens with one attached hydrogen (secondary N) is 2. The van der Waals surface area contributed by atoms with Crippen molar-refractivity contribution in [2.24, 2.45) is 5.73 Å². The maximum Gasteiger partial charge on any atom is 0.114 e. The lowest BCUT2D eigenvalue weighted by molar-refractivity contribution is 0.297. The van der Waals surface area contributed by atoms with E-state index in [2.05, 4.69) is 17.2 Å². The number of halogens is 1. The third-order valence-electron chi connectivity index (χ3n) is 3.47. The van der Waals surface area contributed by atoms with Crippen molar-refractivity contribution in [2.75, 3.05) is 13.2 Å². The molecule has 0 fully saturated rings. The Labute approximate surface area is 141 Å². The van der Waals surface area contributed by atoms with E-state index in [-0.39, 0.29) is 36.9 Å². The Kier molecular flexibility index (Phi) is 6.35. The number of hydrogen-bond donors (Lipinski definition) is 4. The molecule has 0 saturated carbocycles. The van der Waals surface area contributed by atoms with Gasteiger partial charge in [-0.25, -0.2) is 4.39 Å². The number of hydrogen-bond acceptors (Lipinski definition) is 4. The molecule has 0 radical (unpaired) electrons. The summed E-state index contributed by atoms with van der Waals surface area (Å²) in [5.74, 6) is 5.95. The highest BCUT2D eigenvalue weighted by Crippen LogP contribution is 2.22. The molecule has 1 aromatic rings. The van der Waals surface area contributed by atoms with Crippen LogP contribution < -0.4 is 11.1 Å². The van der Waals surface area contributed by atoms with Gasteiger partial charge in [-0.1, -0.05) is 36.1 Å². The van der Waals surface area contributed by atoms with Gasteiger partial charge >= 0.3 is 0 Å². The van der Waals surface area contributed by atoms with Gasteiger partial charge in [0, 0.05) is 18.5 Å². The monoisotopic (exact) mass is 325 g/mol. The summed E-state index contributed by atoms with van der Waals surface area (Å²) in [5, 5.41) is 20.2. The minimum atomic E-state index is -0.196. The maximum absolute atomic E-state index is 13.2. The van der Waals surface area contributed by atoms with Crippen LogP contribution in [0.4, 0.5) is 4.39 Å². The van der Waals surface area contributed by atoms with Crippen molar-refractivity contribution in [2.45, 2.75) is 12.8 Å². The molecule has 0 aliphatic heterocycles. The summed E-state index contributed by atoms with van der Waals surface area (Å²) in [5.41, 5.74) is 8.00. The van der Waals surface area contributed by atoms with Crippen molar-refractivity contribution < 1.29 is 9.50 Å². The Hall–Kier alpha value is -2.84. The van der Waals surface area contributed by atoms with Crippen LogP contribution in [0.15, 0.2) is 65.3 Å². The van der Waals surface area contributed by atoms with Gasteiger partial charge in [-0.05, 0) is 30.2 Å². The van der Waals surface area contributed by atoms with Gasteiger partial charge in [0.15, 0.2) is 0 Å². The number of aliphatic hydroxyl groups excluding tert-OH is 1. The van der Waals surface area contributed by atoms with Crippen molar-refractivity contribution >= 4 is 5.71 Å². The molecule has 2 rings (SSSR count). The first-order valence-electron chi connectivity index (χ1n) is 7.68. The average Bonchev–Trinajstić information content (AvgIpc) is 2.61. The molecule has 0 heterocycles. The van der Waals surface area contributed by atoms with Crippen LogP contribution >= 0.6 is 0 Å². The lowest BCUT2D eigenvalue weighted by atomic mass is 9.95. The van der Waals surface area contributed by atoms with Crippen LogP contribution in [0.1, 0.15) is 18.4 Å². The van der Waals surface area contributed by atoms with Crippen molar-refractivity contribution in [3.63, 3.8) is 0 Å². The Balaban J connectivity index is 2.33. The van der Waals surface area contributed by atoms with E-state index in [1.54, 1.807) is 6.08 Å². The molecule has 0 unspecified atom stereocenters. The molecular weight excluding hydrogens is 305 g/mol. The number of rotatable bonds is 5. The van der Waals surface area contributed by atoms with Gasteiger partial charge in [0.1, 0.15) is 11.6 Å². The number of allylic oxidation sites excluding steroid dienone is 5. The molecule has 1 aromatic carbocycles. The Morgan fingerprint density at radius 1 is 1.25 bits per heavy atom. The lowest BCUT2D eigenvalue weighted by Crippen LogP contribution is -2.27. The van der Waals surface area contributed by atoms with Crippen LogP contribution in [0.25, 0.3) is 0 Å². The number of nitrogens with two attached hydrogens (primary N) is 1. The zero-order valence-electron chi connectivity index (χ0n) is 13.3. The second-order valence-electron chi connectivity index (χ2n) is 5.24. The largest absolute Gasteiger partial charge is 0.395 e. The Morgan fingerprint density at radius 2 is 2.00 bits per heavy atom. The van der Waals surface area contributed by atoms with E-state index in [0.29, 0.717) is 17.6 Å². The molecule has 0 bridgehead atoms. The molecule has 4 nitrogen and oxygen atoms in total. The van der Waals surface area contributed by atoms with Crippen molar-refractivity contribution in [3.8, 4) is 11.8 Å². The molecular formula is C19H20FN3O. The van der Waals surface area contributed by atoms with Crippen molar-refractivity contribution in [3.05, 3.63) is 70.8 Å². The third kappa shape index (κ3) is 4.83. The minimum Gasteiger partial charge on any atom is -0.395 e. The summed E-state index contributed by atoms with van der Waals surface area (Å²) in [6.07, 6.45) is 3.67. The van der Waals surface area contributed by atoms with Gasteiger partial charge in [-0.3, -0.25) is 5.41 Å². The summed E-state index contributed by atoms with van der Waals surface area (Å²) in [7, 11) is 0. The highest BCUT2D eigenvalue weighted by Gasteiger charge is 2.15. The van der Waals surface area contributed by atoms with Gasteiger partial charge in [0.05, 0.1) is 17.9 Å². The van der Waals surface area contributed by atoms with Gasteiger partial charge in [-0.2, -0.15) is 0 Å². The molecule has 5 N–H and O–H groups in total. The molecule has 0 aromatic heterocycles. The van der Waals surface area contributed by atoms with Crippen LogP contribution in [0, 0.1) is 17.3 Å². The highest BCUT2D eigenvalue weighted by molar-refractivity contribution is 6.13. The van der Waals surface area contributed by atoms with E-state index in [0.717, 1.165) is 5.56 Å². The van der Waals surface area contributed by atoms with E-state index < -0.39 is 0 Å².